The zero-order chi connectivity index (χ0) is 14.6. The number of aryl methyl sites for hydroxylation is 2. The van der Waals surface area contributed by atoms with Crippen LogP contribution in [0.4, 0.5) is 5.69 Å². The van der Waals surface area contributed by atoms with Gasteiger partial charge in [0, 0.05) is 27.1 Å². The lowest BCUT2D eigenvalue weighted by Gasteiger charge is -2.17. The van der Waals surface area contributed by atoms with Gasteiger partial charge in [-0.25, -0.2) is 0 Å². The van der Waals surface area contributed by atoms with Gasteiger partial charge >= 0.3 is 5.97 Å². The Bertz CT molecular complexity index is 482. The number of esters is 1. The highest BCUT2D eigenvalue weighted by molar-refractivity contribution is 5.97. The third-order valence-electron chi connectivity index (χ3n) is 2.92. The van der Waals surface area contributed by atoms with Crippen LogP contribution in [0.3, 0.4) is 0 Å². The Hall–Kier alpha value is -2.05. The Kier molecular flexibility index (Phi) is 4.91. The van der Waals surface area contributed by atoms with Crippen LogP contribution in [-0.2, 0) is 16.6 Å². The number of nitrogens with zero attached hydrogens (tertiary/aromatic N) is 3. The van der Waals surface area contributed by atoms with Crippen LogP contribution in [0.2, 0.25) is 0 Å². The molecule has 1 rings (SSSR count). The van der Waals surface area contributed by atoms with E-state index in [-0.39, 0.29) is 18.3 Å². The number of hydrogen-bond acceptors (Lipinski definition) is 5. The van der Waals surface area contributed by atoms with Crippen molar-refractivity contribution in [2.75, 3.05) is 26.4 Å². The fraction of sp³-hybridized carbons (Fsp3) is 0.583. The molecule has 106 valence electrons. The fourth-order valence-electron chi connectivity index (χ4n) is 1.77. The number of rotatable bonds is 5. The highest BCUT2D eigenvalue weighted by Crippen LogP contribution is 2.17. The maximum absolute atomic E-state index is 12.2. The summed E-state index contributed by atoms with van der Waals surface area (Å²) < 4.78 is 6.02. The van der Waals surface area contributed by atoms with Crippen LogP contribution in [0, 0.1) is 6.92 Å². The number of carbonyl (C=O) groups is 2. The van der Waals surface area contributed by atoms with Gasteiger partial charge in [0.1, 0.15) is 5.69 Å². The molecule has 0 aromatic carbocycles. The van der Waals surface area contributed by atoms with E-state index in [4.69, 9.17) is 5.73 Å². The maximum atomic E-state index is 12.2. The van der Waals surface area contributed by atoms with E-state index in [1.54, 1.807) is 21.0 Å². The summed E-state index contributed by atoms with van der Waals surface area (Å²) in [4.78, 5) is 24.7. The van der Waals surface area contributed by atoms with Crippen molar-refractivity contribution in [3.05, 3.63) is 11.4 Å². The first kappa shape index (κ1) is 15.0. The number of anilines is 1. The van der Waals surface area contributed by atoms with Crippen LogP contribution >= 0.6 is 0 Å². The van der Waals surface area contributed by atoms with Gasteiger partial charge in [0.05, 0.1) is 18.5 Å². The first-order valence-electron chi connectivity index (χ1n) is 5.99. The molecule has 0 aliphatic carbocycles. The second-order valence-electron chi connectivity index (χ2n) is 4.38. The summed E-state index contributed by atoms with van der Waals surface area (Å²) in [6, 6.07) is 0. The van der Waals surface area contributed by atoms with Gasteiger partial charge in [0.25, 0.3) is 5.91 Å². The maximum Gasteiger partial charge on any atom is 0.305 e. The Morgan fingerprint density at radius 2 is 2.11 bits per heavy atom. The van der Waals surface area contributed by atoms with Crippen LogP contribution in [0.15, 0.2) is 0 Å². The zero-order valence-electron chi connectivity index (χ0n) is 11.8. The number of nitrogen functional groups attached to an aromatic ring is 1. The van der Waals surface area contributed by atoms with Crippen LogP contribution in [0.1, 0.15) is 29.0 Å². The molecule has 7 heteroatoms. The zero-order valence-corrected chi connectivity index (χ0v) is 11.8. The van der Waals surface area contributed by atoms with Crippen molar-refractivity contribution in [3.8, 4) is 0 Å². The molecule has 1 amide bonds. The lowest BCUT2D eigenvalue weighted by Crippen LogP contribution is -2.30. The number of nitrogens with two attached hydrogens (primary N) is 1. The van der Waals surface area contributed by atoms with E-state index in [1.807, 2.05) is 0 Å². The van der Waals surface area contributed by atoms with E-state index in [0.717, 1.165) is 0 Å². The summed E-state index contributed by atoms with van der Waals surface area (Å²) >= 11 is 0. The normalized spacial score (nSPS) is 10.3. The molecule has 0 spiro atoms. The lowest BCUT2D eigenvalue weighted by atomic mass is 10.2. The number of hydrogen-bond donors (Lipinski definition) is 1. The Morgan fingerprint density at radius 3 is 2.58 bits per heavy atom. The van der Waals surface area contributed by atoms with Crippen molar-refractivity contribution >= 4 is 17.6 Å². The molecule has 0 bridgehead atoms. The van der Waals surface area contributed by atoms with E-state index in [0.29, 0.717) is 30.0 Å². The molecule has 0 saturated carbocycles. The minimum atomic E-state index is -0.281. The second-order valence-corrected chi connectivity index (χ2v) is 4.38. The first-order chi connectivity index (χ1) is 8.88. The topological polar surface area (TPSA) is 90.4 Å². The van der Waals surface area contributed by atoms with Crippen molar-refractivity contribution in [2.45, 2.75) is 19.8 Å². The van der Waals surface area contributed by atoms with Gasteiger partial charge < -0.3 is 15.4 Å². The third-order valence-corrected chi connectivity index (χ3v) is 2.92. The standard InChI is InChI=1S/C12H20N4O3/c1-8-10(13)11(16(3)14-8)12(18)15(2)7-5-6-9(17)19-4/h5-7,13H2,1-4H3. The molecular formula is C12H20N4O3. The summed E-state index contributed by atoms with van der Waals surface area (Å²) in [5.41, 5.74) is 7.24. The van der Waals surface area contributed by atoms with Gasteiger partial charge in [0.15, 0.2) is 0 Å². The molecule has 0 radical (unpaired) electrons. The Balaban J connectivity index is 2.64. The van der Waals surface area contributed by atoms with E-state index in [2.05, 4.69) is 9.84 Å². The summed E-state index contributed by atoms with van der Waals surface area (Å²) in [7, 11) is 4.69. The molecule has 0 saturated heterocycles. The minimum absolute atomic E-state index is 0.203. The van der Waals surface area contributed by atoms with Gasteiger partial charge in [-0.05, 0) is 13.3 Å². The molecular weight excluding hydrogens is 248 g/mol. The molecule has 2 N–H and O–H groups in total. The van der Waals surface area contributed by atoms with E-state index < -0.39 is 0 Å². The molecule has 0 atom stereocenters. The average molecular weight is 268 g/mol. The van der Waals surface area contributed by atoms with Gasteiger partial charge in [0.2, 0.25) is 0 Å². The summed E-state index contributed by atoms with van der Waals surface area (Å²) in [6.07, 6.45) is 0.833. The molecule has 7 nitrogen and oxygen atoms in total. The van der Waals surface area contributed by atoms with Crippen molar-refractivity contribution in [2.24, 2.45) is 7.05 Å². The summed E-state index contributed by atoms with van der Waals surface area (Å²) in [5.74, 6) is -0.484. The molecule has 0 aliphatic heterocycles. The molecule has 1 aromatic heterocycles. The summed E-state index contributed by atoms with van der Waals surface area (Å²) in [6.45, 7) is 2.21. The highest BCUT2D eigenvalue weighted by atomic mass is 16.5. The van der Waals surface area contributed by atoms with Crippen LogP contribution in [0.5, 0.6) is 0 Å². The predicted octanol–water partition coefficient (Wildman–Crippen LogP) is 0.336. The number of amides is 1. The molecule has 19 heavy (non-hydrogen) atoms. The average Bonchev–Trinajstić information content (AvgIpc) is 2.62. The number of methoxy groups -OCH3 is 1. The van der Waals surface area contributed by atoms with Crippen molar-refractivity contribution in [1.82, 2.24) is 14.7 Å². The quantitative estimate of drug-likeness (QED) is 0.777. The molecule has 0 unspecified atom stereocenters. The number of aromatic nitrogens is 2. The van der Waals surface area contributed by atoms with E-state index in [1.165, 1.54) is 16.7 Å². The monoisotopic (exact) mass is 268 g/mol. The van der Waals surface area contributed by atoms with E-state index in [9.17, 15) is 9.59 Å². The van der Waals surface area contributed by atoms with Gasteiger partial charge in [-0.2, -0.15) is 5.10 Å². The molecule has 1 heterocycles. The van der Waals surface area contributed by atoms with Crippen molar-refractivity contribution < 1.29 is 14.3 Å². The third kappa shape index (κ3) is 3.46. The van der Waals surface area contributed by atoms with Gasteiger partial charge in [-0.3, -0.25) is 14.3 Å². The van der Waals surface area contributed by atoms with Crippen LogP contribution in [0.25, 0.3) is 0 Å². The number of carbonyl (C=O) groups excluding carboxylic acids is 2. The van der Waals surface area contributed by atoms with Gasteiger partial charge in [-0.15, -0.1) is 0 Å². The largest absolute Gasteiger partial charge is 0.469 e. The molecule has 0 aliphatic rings. The van der Waals surface area contributed by atoms with Crippen LogP contribution in [-0.4, -0.2) is 47.3 Å². The Labute approximate surface area is 112 Å². The molecule has 0 fully saturated rings. The molecule has 1 aromatic rings. The highest BCUT2D eigenvalue weighted by Gasteiger charge is 2.21. The van der Waals surface area contributed by atoms with Crippen LogP contribution < -0.4 is 5.73 Å². The summed E-state index contributed by atoms with van der Waals surface area (Å²) in [5, 5.41) is 4.11. The number of ether oxygens (including phenoxy) is 1. The van der Waals surface area contributed by atoms with Crippen molar-refractivity contribution in [3.63, 3.8) is 0 Å². The Morgan fingerprint density at radius 1 is 1.47 bits per heavy atom. The fourth-order valence-corrected chi connectivity index (χ4v) is 1.77. The second kappa shape index (κ2) is 6.21. The predicted molar refractivity (Wildman–Crippen MR) is 70.6 cm³/mol. The van der Waals surface area contributed by atoms with Crippen molar-refractivity contribution in [1.29, 1.82) is 0 Å². The smallest absolute Gasteiger partial charge is 0.305 e. The minimum Gasteiger partial charge on any atom is -0.469 e. The SMILES string of the molecule is COC(=O)CCCN(C)C(=O)c1c(N)c(C)nn1C. The van der Waals surface area contributed by atoms with Gasteiger partial charge in [-0.1, -0.05) is 0 Å². The first-order valence-corrected chi connectivity index (χ1v) is 5.99. The lowest BCUT2D eigenvalue weighted by molar-refractivity contribution is -0.140. The van der Waals surface area contributed by atoms with E-state index >= 15 is 0 Å².